The number of benzene rings is 3. The molecule has 0 atom stereocenters. The molecule has 5 nitrogen and oxygen atoms in total. The molecule has 0 bridgehead atoms. The number of nitrogens with zero attached hydrogens (tertiary/aromatic N) is 3. The topological polar surface area (TPSA) is 68.1 Å². The standard InChI is InChI=1S/C31H35N3O2/c1-6-7-8-9-16-36-24-12-15-27(28(35)19-24)31-33-29(25-13-10-20(2)17-22(25)4)32-30(34-31)26-14-11-21(3)18-23(26)5/h10-15,17-19,35H,6-9,16H2,1-5H3. The van der Waals surface area contributed by atoms with Gasteiger partial charge in [-0.2, -0.15) is 0 Å². The van der Waals surface area contributed by atoms with Crippen molar-refractivity contribution in [3.05, 3.63) is 76.9 Å². The Kier molecular flexibility index (Phi) is 7.99. The molecule has 0 aliphatic carbocycles. The van der Waals surface area contributed by atoms with E-state index >= 15 is 0 Å². The van der Waals surface area contributed by atoms with Gasteiger partial charge in [0.25, 0.3) is 0 Å². The second-order valence-corrected chi connectivity index (χ2v) is 9.53. The molecule has 186 valence electrons. The van der Waals surface area contributed by atoms with E-state index in [4.69, 9.17) is 19.7 Å². The second-order valence-electron chi connectivity index (χ2n) is 9.53. The maximum absolute atomic E-state index is 10.9. The lowest BCUT2D eigenvalue weighted by Crippen LogP contribution is -2.02. The van der Waals surface area contributed by atoms with Crippen LogP contribution in [0.15, 0.2) is 54.6 Å². The molecule has 0 saturated carbocycles. The van der Waals surface area contributed by atoms with Crippen LogP contribution in [0, 0.1) is 27.7 Å². The van der Waals surface area contributed by atoms with Crippen LogP contribution in [0.2, 0.25) is 0 Å². The van der Waals surface area contributed by atoms with Crippen LogP contribution < -0.4 is 4.74 Å². The Labute approximate surface area is 214 Å². The van der Waals surface area contributed by atoms with Crippen LogP contribution in [0.5, 0.6) is 11.5 Å². The SMILES string of the molecule is CCCCCCOc1ccc(-c2nc(-c3ccc(C)cc3C)nc(-c3ccc(C)cc3C)n2)c(O)c1. The highest BCUT2D eigenvalue weighted by Gasteiger charge is 2.17. The van der Waals surface area contributed by atoms with Crippen LogP contribution >= 0.6 is 0 Å². The molecule has 0 aliphatic rings. The van der Waals surface area contributed by atoms with Crippen molar-refractivity contribution in [2.75, 3.05) is 6.61 Å². The molecule has 4 aromatic rings. The number of phenolic OH excluding ortho intramolecular Hbond substituents is 1. The van der Waals surface area contributed by atoms with Crippen molar-refractivity contribution >= 4 is 0 Å². The Balaban J connectivity index is 1.75. The first-order chi connectivity index (χ1) is 17.4. The quantitative estimate of drug-likeness (QED) is 0.247. The predicted octanol–water partition coefficient (Wildman–Crippen LogP) is 7.77. The summed E-state index contributed by atoms with van der Waals surface area (Å²) < 4.78 is 5.85. The monoisotopic (exact) mass is 481 g/mol. The molecule has 0 radical (unpaired) electrons. The van der Waals surface area contributed by atoms with Crippen LogP contribution in [-0.4, -0.2) is 26.7 Å². The Bertz CT molecular complexity index is 1290. The summed E-state index contributed by atoms with van der Waals surface area (Å²) in [5, 5.41) is 10.9. The molecule has 4 rings (SSSR count). The fourth-order valence-corrected chi connectivity index (χ4v) is 4.38. The first kappa shape index (κ1) is 25.4. The molecule has 0 spiro atoms. The summed E-state index contributed by atoms with van der Waals surface area (Å²) in [6.07, 6.45) is 4.55. The summed E-state index contributed by atoms with van der Waals surface area (Å²) in [4.78, 5) is 14.5. The predicted molar refractivity (Wildman–Crippen MR) is 146 cm³/mol. The van der Waals surface area contributed by atoms with Crippen molar-refractivity contribution in [2.45, 2.75) is 60.3 Å². The van der Waals surface area contributed by atoms with Gasteiger partial charge in [0.2, 0.25) is 0 Å². The highest BCUT2D eigenvalue weighted by Crippen LogP contribution is 2.34. The summed E-state index contributed by atoms with van der Waals surface area (Å²) >= 11 is 0. The summed E-state index contributed by atoms with van der Waals surface area (Å²) in [7, 11) is 0. The number of aromatic nitrogens is 3. The van der Waals surface area contributed by atoms with E-state index in [-0.39, 0.29) is 5.75 Å². The van der Waals surface area contributed by atoms with Crippen molar-refractivity contribution in [1.82, 2.24) is 15.0 Å². The average molecular weight is 482 g/mol. The van der Waals surface area contributed by atoms with Gasteiger partial charge in [-0.3, -0.25) is 0 Å². The summed E-state index contributed by atoms with van der Waals surface area (Å²) in [6, 6.07) is 17.8. The third-order valence-corrected chi connectivity index (χ3v) is 6.36. The number of unbranched alkanes of at least 4 members (excludes halogenated alkanes) is 3. The molecule has 1 N–H and O–H groups in total. The van der Waals surface area contributed by atoms with E-state index in [1.165, 1.54) is 24.0 Å². The smallest absolute Gasteiger partial charge is 0.167 e. The van der Waals surface area contributed by atoms with Gasteiger partial charge in [0.1, 0.15) is 11.5 Å². The van der Waals surface area contributed by atoms with Gasteiger partial charge in [0.05, 0.1) is 12.2 Å². The van der Waals surface area contributed by atoms with Gasteiger partial charge in [0, 0.05) is 17.2 Å². The zero-order valence-corrected chi connectivity index (χ0v) is 21.9. The number of rotatable bonds is 9. The maximum atomic E-state index is 10.9. The minimum absolute atomic E-state index is 0.0883. The number of hydrogen-bond donors (Lipinski definition) is 1. The van der Waals surface area contributed by atoms with E-state index in [9.17, 15) is 5.11 Å². The van der Waals surface area contributed by atoms with Crippen molar-refractivity contribution in [2.24, 2.45) is 0 Å². The van der Waals surface area contributed by atoms with Crippen LogP contribution in [0.25, 0.3) is 34.2 Å². The van der Waals surface area contributed by atoms with Crippen molar-refractivity contribution in [3.8, 4) is 45.7 Å². The zero-order valence-electron chi connectivity index (χ0n) is 21.9. The Morgan fingerprint density at radius 3 is 1.67 bits per heavy atom. The first-order valence-electron chi connectivity index (χ1n) is 12.7. The van der Waals surface area contributed by atoms with Crippen molar-refractivity contribution < 1.29 is 9.84 Å². The maximum Gasteiger partial charge on any atom is 0.167 e. The van der Waals surface area contributed by atoms with Gasteiger partial charge in [-0.1, -0.05) is 73.7 Å². The minimum Gasteiger partial charge on any atom is -0.507 e. The summed E-state index contributed by atoms with van der Waals surface area (Å²) in [5.74, 6) is 2.34. The molecule has 36 heavy (non-hydrogen) atoms. The van der Waals surface area contributed by atoms with Crippen LogP contribution in [-0.2, 0) is 0 Å². The third kappa shape index (κ3) is 5.91. The lowest BCUT2D eigenvalue weighted by atomic mass is 10.0. The Hall–Kier alpha value is -3.73. The molecule has 1 heterocycles. The number of aromatic hydroxyl groups is 1. The molecule has 0 saturated heterocycles. The van der Waals surface area contributed by atoms with Crippen LogP contribution in [0.3, 0.4) is 0 Å². The van der Waals surface area contributed by atoms with Crippen LogP contribution in [0.4, 0.5) is 0 Å². The molecule has 1 aromatic heterocycles. The zero-order chi connectivity index (χ0) is 25.7. The normalized spacial score (nSPS) is 11.0. The van der Waals surface area contributed by atoms with E-state index in [1.54, 1.807) is 6.07 Å². The molecule has 0 unspecified atom stereocenters. The van der Waals surface area contributed by atoms with Crippen molar-refractivity contribution in [1.29, 1.82) is 0 Å². The van der Waals surface area contributed by atoms with Gasteiger partial charge in [-0.15, -0.1) is 0 Å². The van der Waals surface area contributed by atoms with Gasteiger partial charge >= 0.3 is 0 Å². The van der Waals surface area contributed by atoms with Gasteiger partial charge in [-0.05, 0) is 57.4 Å². The lowest BCUT2D eigenvalue weighted by molar-refractivity contribution is 0.303. The molecular weight excluding hydrogens is 446 g/mol. The fraction of sp³-hybridized carbons (Fsp3) is 0.323. The molecule has 0 amide bonds. The molecular formula is C31H35N3O2. The van der Waals surface area contributed by atoms with Gasteiger partial charge in [0.15, 0.2) is 17.5 Å². The number of phenols is 1. The summed E-state index contributed by atoms with van der Waals surface area (Å²) in [5.41, 5.74) is 6.99. The van der Waals surface area contributed by atoms with Crippen LogP contribution in [0.1, 0.15) is 54.9 Å². The molecule has 5 heteroatoms. The van der Waals surface area contributed by atoms with Gasteiger partial charge in [-0.25, -0.2) is 15.0 Å². The second kappa shape index (κ2) is 11.3. The van der Waals surface area contributed by atoms with E-state index in [2.05, 4.69) is 58.9 Å². The molecule has 3 aromatic carbocycles. The van der Waals surface area contributed by atoms with Crippen molar-refractivity contribution in [3.63, 3.8) is 0 Å². The Morgan fingerprint density at radius 2 is 1.17 bits per heavy atom. The molecule has 0 fully saturated rings. The number of aryl methyl sites for hydroxylation is 4. The van der Waals surface area contributed by atoms with E-state index in [0.717, 1.165) is 35.1 Å². The highest BCUT2D eigenvalue weighted by atomic mass is 16.5. The number of hydrogen-bond acceptors (Lipinski definition) is 5. The van der Waals surface area contributed by atoms with E-state index in [1.807, 2.05) is 24.3 Å². The minimum atomic E-state index is 0.0883. The van der Waals surface area contributed by atoms with E-state index in [0.29, 0.717) is 35.4 Å². The van der Waals surface area contributed by atoms with E-state index < -0.39 is 0 Å². The highest BCUT2D eigenvalue weighted by molar-refractivity contribution is 5.72. The Morgan fingerprint density at radius 1 is 0.639 bits per heavy atom. The summed E-state index contributed by atoms with van der Waals surface area (Å²) in [6.45, 7) is 11.1. The number of ether oxygens (including phenoxy) is 1. The third-order valence-electron chi connectivity index (χ3n) is 6.36. The lowest BCUT2D eigenvalue weighted by Gasteiger charge is -2.13. The molecule has 0 aliphatic heterocycles. The first-order valence-corrected chi connectivity index (χ1v) is 12.7. The average Bonchev–Trinajstić information content (AvgIpc) is 2.83. The largest absolute Gasteiger partial charge is 0.507 e. The van der Waals surface area contributed by atoms with Gasteiger partial charge < -0.3 is 9.84 Å². The fourth-order valence-electron chi connectivity index (χ4n) is 4.38.